The smallest absolute Gasteiger partial charge is 0.476 e. The Morgan fingerprint density at radius 2 is 1.89 bits per heavy atom. The predicted octanol–water partition coefficient (Wildman–Crippen LogP) is 2.46. The van der Waals surface area contributed by atoms with Crippen LogP contribution in [0, 0.1) is 0 Å². The molecule has 4 nitrogen and oxygen atoms in total. The minimum atomic E-state index is -4.83. The number of carboxylic acids is 1. The van der Waals surface area contributed by atoms with Gasteiger partial charge in [0.25, 0.3) is 0 Å². The van der Waals surface area contributed by atoms with Gasteiger partial charge >= 0.3 is 12.3 Å². The Bertz CT molecular complexity index is 484. The van der Waals surface area contributed by atoms with E-state index in [1.165, 1.54) is 12.1 Å². The van der Waals surface area contributed by atoms with Crippen molar-refractivity contribution in [2.45, 2.75) is 12.5 Å². The van der Waals surface area contributed by atoms with E-state index < -0.39 is 24.2 Å². The third-order valence-corrected chi connectivity index (χ3v) is 2.38. The lowest BCUT2D eigenvalue weighted by Crippen LogP contribution is -2.39. The molecule has 0 saturated heterocycles. The van der Waals surface area contributed by atoms with Gasteiger partial charge in [0.15, 0.2) is 5.70 Å². The van der Waals surface area contributed by atoms with Gasteiger partial charge in [0, 0.05) is 5.56 Å². The highest BCUT2D eigenvalue weighted by Gasteiger charge is 2.49. The largest absolute Gasteiger partial charge is 0.488 e. The van der Waals surface area contributed by atoms with Crippen LogP contribution < -0.4 is 0 Å². The van der Waals surface area contributed by atoms with Gasteiger partial charge < -0.3 is 9.84 Å². The van der Waals surface area contributed by atoms with Crippen molar-refractivity contribution in [3.63, 3.8) is 0 Å². The Balaban J connectivity index is 2.38. The van der Waals surface area contributed by atoms with Crippen LogP contribution in [0.4, 0.5) is 13.2 Å². The van der Waals surface area contributed by atoms with E-state index in [1.54, 1.807) is 18.2 Å². The summed E-state index contributed by atoms with van der Waals surface area (Å²) >= 11 is 0. The normalized spacial score (nSPS) is 19.4. The maximum Gasteiger partial charge on any atom is 0.488 e. The molecule has 1 aromatic rings. The maximum absolute atomic E-state index is 12.8. The zero-order chi connectivity index (χ0) is 13.3. The van der Waals surface area contributed by atoms with Crippen LogP contribution in [0.2, 0.25) is 0 Å². The molecule has 2 rings (SSSR count). The van der Waals surface area contributed by atoms with Gasteiger partial charge in [-0.05, 0) is 0 Å². The Hall–Kier alpha value is -2.18. The molecule has 0 aromatic heterocycles. The van der Waals surface area contributed by atoms with E-state index >= 15 is 0 Å². The molecule has 0 saturated carbocycles. The molecule has 1 atom stereocenters. The lowest BCUT2D eigenvalue weighted by atomic mass is 10.2. The summed E-state index contributed by atoms with van der Waals surface area (Å²) in [5.41, 5.74) is -0.710. The van der Waals surface area contributed by atoms with Crippen LogP contribution in [0.15, 0.2) is 42.3 Å². The van der Waals surface area contributed by atoms with Crippen LogP contribution in [-0.2, 0) is 9.53 Å². The minimum Gasteiger partial charge on any atom is -0.476 e. The van der Waals surface area contributed by atoms with Crippen molar-refractivity contribution in [3.8, 4) is 0 Å². The lowest BCUT2D eigenvalue weighted by molar-refractivity contribution is -0.262. The number of nitrogens with zero attached hydrogens (tertiary/aromatic N) is 1. The molecule has 7 heteroatoms. The number of aliphatic carboxylic acids is 1. The summed E-state index contributed by atoms with van der Waals surface area (Å²) in [5.74, 6) is -1.69. The first-order valence-electron chi connectivity index (χ1n) is 4.91. The zero-order valence-electron chi connectivity index (χ0n) is 8.89. The second-order valence-electron chi connectivity index (χ2n) is 3.55. The molecule has 0 aliphatic carbocycles. The van der Waals surface area contributed by atoms with Crippen molar-refractivity contribution in [2.24, 2.45) is 0 Å². The van der Waals surface area contributed by atoms with Gasteiger partial charge in [0.1, 0.15) is 6.26 Å². The van der Waals surface area contributed by atoms with Crippen LogP contribution in [0.25, 0.3) is 0 Å². The molecule has 0 bridgehead atoms. The zero-order valence-corrected chi connectivity index (χ0v) is 8.89. The van der Waals surface area contributed by atoms with Crippen molar-refractivity contribution in [2.75, 3.05) is 0 Å². The molecule has 0 amide bonds. The predicted molar refractivity (Wildman–Crippen MR) is 53.9 cm³/mol. The highest BCUT2D eigenvalue weighted by molar-refractivity contribution is 5.86. The first kappa shape index (κ1) is 12.3. The number of alkyl halides is 3. The van der Waals surface area contributed by atoms with E-state index in [1.807, 2.05) is 0 Å². The molecule has 1 heterocycles. The first-order valence-corrected chi connectivity index (χ1v) is 4.91. The Kier molecular flexibility index (Phi) is 2.90. The van der Waals surface area contributed by atoms with E-state index in [-0.39, 0.29) is 10.5 Å². The minimum absolute atomic E-state index is 0.218. The van der Waals surface area contributed by atoms with Crippen molar-refractivity contribution in [1.29, 1.82) is 0 Å². The summed E-state index contributed by atoms with van der Waals surface area (Å²) in [7, 11) is 0. The molecule has 1 aliphatic heterocycles. The van der Waals surface area contributed by atoms with Crippen LogP contribution >= 0.6 is 0 Å². The van der Waals surface area contributed by atoms with E-state index in [0.717, 1.165) is 0 Å². The fourth-order valence-electron chi connectivity index (χ4n) is 1.64. The van der Waals surface area contributed by atoms with Crippen molar-refractivity contribution in [1.82, 2.24) is 4.90 Å². The summed E-state index contributed by atoms with van der Waals surface area (Å²) in [6.07, 6.45) is -5.73. The van der Waals surface area contributed by atoms with Gasteiger partial charge in [-0.25, -0.2) is 9.69 Å². The van der Waals surface area contributed by atoms with Crippen LogP contribution in [0.3, 0.4) is 0 Å². The summed E-state index contributed by atoms with van der Waals surface area (Å²) < 4.78 is 43.4. The van der Waals surface area contributed by atoms with Gasteiger partial charge in [-0.3, -0.25) is 0 Å². The number of halogens is 3. The maximum atomic E-state index is 12.8. The van der Waals surface area contributed by atoms with E-state index in [2.05, 4.69) is 0 Å². The van der Waals surface area contributed by atoms with E-state index in [4.69, 9.17) is 9.84 Å². The second-order valence-corrected chi connectivity index (χ2v) is 3.55. The molecule has 96 valence electrons. The summed E-state index contributed by atoms with van der Waals surface area (Å²) in [6, 6.07) is 7.60. The highest BCUT2D eigenvalue weighted by atomic mass is 19.4. The average molecular weight is 259 g/mol. The van der Waals surface area contributed by atoms with Gasteiger partial charge in [-0.2, -0.15) is 0 Å². The molecule has 1 aliphatic rings. The van der Waals surface area contributed by atoms with Gasteiger partial charge in [0.2, 0.25) is 6.23 Å². The molecule has 1 unspecified atom stereocenters. The third kappa shape index (κ3) is 2.11. The van der Waals surface area contributed by atoms with E-state index in [9.17, 15) is 18.0 Å². The SMILES string of the molecule is O=C(O)C1=COC(c2ccccc2)N1C(F)(F)F. The standard InChI is InChI=1S/C11H8F3NO3/c12-11(13,14)15-8(10(16)17)6-18-9(15)7-4-2-1-3-5-7/h1-6,9H,(H,16,17). The van der Waals surface area contributed by atoms with Gasteiger partial charge in [-0.1, -0.05) is 30.3 Å². The van der Waals surface area contributed by atoms with Crippen molar-refractivity contribution in [3.05, 3.63) is 47.9 Å². The summed E-state index contributed by atoms with van der Waals surface area (Å²) in [6.45, 7) is 0. The van der Waals surface area contributed by atoms with Crippen LogP contribution in [0.1, 0.15) is 11.8 Å². The average Bonchev–Trinajstić information content (AvgIpc) is 2.74. The summed E-state index contributed by atoms with van der Waals surface area (Å²) in [5, 5.41) is 8.72. The topological polar surface area (TPSA) is 49.8 Å². The number of benzene rings is 1. The third-order valence-electron chi connectivity index (χ3n) is 2.38. The Morgan fingerprint density at radius 1 is 1.28 bits per heavy atom. The molecule has 0 fully saturated rings. The van der Waals surface area contributed by atoms with Crippen molar-refractivity contribution < 1.29 is 27.8 Å². The Morgan fingerprint density at radius 3 is 2.39 bits per heavy atom. The molecule has 0 radical (unpaired) electrons. The Labute approximate surface area is 99.9 Å². The number of ether oxygens (including phenoxy) is 1. The highest BCUT2D eigenvalue weighted by Crippen LogP contribution is 2.40. The number of rotatable bonds is 2. The number of hydrogen-bond acceptors (Lipinski definition) is 3. The number of hydrogen-bond donors (Lipinski definition) is 1. The fraction of sp³-hybridized carbons (Fsp3) is 0.182. The second kappa shape index (κ2) is 4.25. The van der Waals surface area contributed by atoms with Crippen LogP contribution in [0.5, 0.6) is 0 Å². The monoisotopic (exact) mass is 259 g/mol. The molecular formula is C11H8F3NO3. The lowest BCUT2D eigenvalue weighted by Gasteiger charge is -2.28. The molecule has 18 heavy (non-hydrogen) atoms. The van der Waals surface area contributed by atoms with Crippen molar-refractivity contribution >= 4 is 5.97 Å². The fourth-order valence-corrected chi connectivity index (χ4v) is 1.64. The molecule has 1 aromatic carbocycles. The number of carbonyl (C=O) groups is 1. The van der Waals surface area contributed by atoms with Gasteiger partial charge in [0.05, 0.1) is 0 Å². The first-order chi connectivity index (χ1) is 8.41. The molecular weight excluding hydrogens is 251 g/mol. The van der Waals surface area contributed by atoms with E-state index in [0.29, 0.717) is 6.26 Å². The van der Waals surface area contributed by atoms with Gasteiger partial charge in [-0.15, -0.1) is 13.2 Å². The number of carboxylic acid groups (broad SMARTS) is 1. The molecule has 1 N–H and O–H groups in total. The quantitative estimate of drug-likeness (QED) is 0.829. The summed E-state index contributed by atoms with van der Waals surface area (Å²) in [4.78, 5) is 10.5. The van der Waals surface area contributed by atoms with Crippen LogP contribution in [-0.4, -0.2) is 22.3 Å². The molecule has 0 spiro atoms.